The van der Waals surface area contributed by atoms with Gasteiger partial charge in [-0.3, -0.25) is 14.4 Å². The van der Waals surface area contributed by atoms with E-state index in [9.17, 15) is 23.2 Å². The van der Waals surface area contributed by atoms with Crippen LogP contribution in [0.5, 0.6) is 0 Å². The van der Waals surface area contributed by atoms with Crippen molar-refractivity contribution in [1.29, 1.82) is 0 Å². The van der Waals surface area contributed by atoms with Crippen molar-refractivity contribution in [1.82, 2.24) is 20.2 Å². The van der Waals surface area contributed by atoms with Gasteiger partial charge in [0.15, 0.2) is 5.82 Å². The van der Waals surface area contributed by atoms with Crippen LogP contribution in [0.2, 0.25) is 10.0 Å². The Bertz CT molecular complexity index is 1290. The van der Waals surface area contributed by atoms with Crippen LogP contribution >= 0.6 is 23.2 Å². The van der Waals surface area contributed by atoms with Gasteiger partial charge in [0.25, 0.3) is 11.8 Å². The van der Waals surface area contributed by atoms with Crippen molar-refractivity contribution < 1.29 is 23.2 Å². The van der Waals surface area contributed by atoms with Gasteiger partial charge in [-0.1, -0.05) is 23.2 Å². The molecule has 4 rings (SSSR count). The van der Waals surface area contributed by atoms with E-state index >= 15 is 0 Å². The van der Waals surface area contributed by atoms with E-state index in [1.54, 1.807) is 0 Å². The highest BCUT2D eigenvalue weighted by atomic mass is 35.5. The minimum atomic E-state index is -1.04. The minimum Gasteiger partial charge on any atom is -0.352 e. The predicted octanol–water partition coefficient (Wildman–Crippen LogP) is 3.30. The Labute approximate surface area is 195 Å². The van der Waals surface area contributed by atoms with E-state index in [1.165, 1.54) is 23.7 Å². The van der Waals surface area contributed by atoms with Crippen LogP contribution in [-0.4, -0.2) is 34.3 Å². The molecule has 1 aliphatic rings. The average molecular weight is 494 g/mol. The third-order valence-corrected chi connectivity index (χ3v) is 5.51. The number of imidazole rings is 1. The summed E-state index contributed by atoms with van der Waals surface area (Å²) in [5.41, 5.74) is 0.290. The number of hydrogen-bond donors (Lipinski definition) is 3. The number of benzene rings is 2. The number of nitrogens with one attached hydrogen (secondary N) is 3. The normalized spacial score (nSPS) is 14.9. The third-order valence-electron chi connectivity index (χ3n) is 4.94. The topological polar surface area (TPSA) is 105 Å². The predicted molar refractivity (Wildman–Crippen MR) is 116 cm³/mol. The lowest BCUT2D eigenvalue weighted by molar-refractivity contribution is -0.123. The summed E-state index contributed by atoms with van der Waals surface area (Å²) in [5.74, 6) is -3.44. The zero-order valence-electron chi connectivity index (χ0n) is 16.9. The van der Waals surface area contributed by atoms with E-state index in [4.69, 9.17) is 23.2 Å². The number of rotatable bonds is 4. The number of carbonyl (C=O) groups excluding carboxylic acids is 3. The van der Waals surface area contributed by atoms with Gasteiger partial charge in [-0.05, 0) is 36.4 Å². The molecule has 2 heterocycles. The van der Waals surface area contributed by atoms with E-state index in [-0.39, 0.29) is 45.1 Å². The summed E-state index contributed by atoms with van der Waals surface area (Å²) in [6.07, 6.45) is 0. The van der Waals surface area contributed by atoms with Crippen molar-refractivity contribution in [3.63, 3.8) is 0 Å². The molecule has 2 aromatic carbocycles. The molecular formula is C21H15Cl2F2N5O3. The quantitative estimate of drug-likeness (QED) is 0.518. The summed E-state index contributed by atoms with van der Waals surface area (Å²) in [7, 11) is 1.38. The molecule has 0 saturated heterocycles. The molecular weight excluding hydrogens is 479 g/mol. The molecule has 3 aromatic rings. The molecule has 12 heteroatoms. The van der Waals surface area contributed by atoms with Gasteiger partial charge in [-0.25, -0.2) is 13.8 Å². The van der Waals surface area contributed by atoms with Crippen molar-refractivity contribution in [3.05, 3.63) is 80.7 Å². The molecule has 1 aliphatic heterocycles. The monoisotopic (exact) mass is 493 g/mol. The van der Waals surface area contributed by atoms with E-state index in [0.717, 1.165) is 24.3 Å². The van der Waals surface area contributed by atoms with Gasteiger partial charge in [0, 0.05) is 28.2 Å². The number of aromatic nitrogens is 2. The van der Waals surface area contributed by atoms with Gasteiger partial charge in [-0.2, -0.15) is 0 Å². The lowest BCUT2D eigenvalue weighted by Gasteiger charge is -2.28. The summed E-state index contributed by atoms with van der Waals surface area (Å²) in [5, 5.41) is 7.78. The van der Waals surface area contributed by atoms with Crippen LogP contribution < -0.4 is 16.0 Å². The molecule has 8 nitrogen and oxygen atoms in total. The Balaban J connectivity index is 1.86. The summed E-state index contributed by atoms with van der Waals surface area (Å²) in [6.45, 7) is -0.282. The highest BCUT2D eigenvalue weighted by Crippen LogP contribution is 2.36. The molecule has 1 unspecified atom stereocenters. The van der Waals surface area contributed by atoms with Crippen LogP contribution in [0.15, 0.2) is 36.4 Å². The van der Waals surface area contributed by atoms with Crippen molar-refractivity contribution in [2.45, 2.75) is 12.6 Å². The molecule has 0 bridgehead atoms. The zero-order valence-corrected chi connectivity index (χ0v) is 18.4. The van der Waals surface area contributed by atoms with Gasteiger partial charge in [0.05, 0.1) is 11.7 Å². The van der Waals surface area contributed by atoms with E-state index in [2.05, 4.69) is 20.9 Å². The van der Waals surface area contributed by atoms with E-state index in [1.807, 2.05) is 0 Å². The number of carbonyl (C=O) groups is 3. The van der Waals surface area contributed by atoms with Gasteiger partial charge in [-0.15, -0.1) is 0 Å². The Hall–Kier alpha value is -3.50. The Morgan fingerprint density at radius 3 is 2.58 bits per heavy atom. The smallest absolute Gasteiger partial charge is 0.287 e. The van der Waals surface area contributed by atoms with Gasteiger partial charge >= 0.3 is 0 Å². The maximum Gasteiger partial charge on any atom is 0.287 e. The van der Waals surface area contributed by atoms with Crippen LogP contribution in [0.25, 0.3) is 0 Å². The van der Waals surface area contributed by atoms with Gasteiger partial charge in [0.2, 0.25) is 11.7 Å². The number of hydrogen-bond acceptors (Lipinski definition) is 4. The van der Waals surface area contributed by atoms with Crippen LogP contribution in [0.4, 0.5) is 14.6 Å². The lowest BCUT2D eigenvalue weighted by Crippen LogP contribution is -2.41. The molecule has 33 heavy (non-hydrogen) atoms. The van der Waals surface area contributed by atoms with Crippen molar-refractivity contribution in [3.8, 4) is 0 Å². The standard InChI is InChI=1S/C21H15Cl2F2N5O3/c1-26-21(33)19-28-18(29-20(32)9-4-10(22)6-12(25)5-9)17-16(27-15(31)8-30(17)19)13-7-11(24)2-3-14(13)23/h2-7,16H,8H2,1H3,(H,26,33)(H,27,31)(H,29,32). The van der Waals surface area contributed by atoms with E-state index < -0.39 is 35.4 Å². The van der Waals surface area contributed by atoms with E-state index in [0.29, 0.717) is 0 Å². The van der Waals surface area contributed by atoms with Gasteiger partial charge < -0.3 is 20.5 Å². The first-order valence-electron chi connectivity index (χ1n) is 9.52. The highest BCUT2D eigenvalue weighted by Gasteiger charge is 2.35. The summed E-state index contributed by atoms with van der Waals surface area (Å²) in [6, 6.07) is 5.84. The molecule has 0 fully saturated rings. The fourth-order valence-corrected chi connectivity index (χ4v) is 3.99. The van der Waals surface area contributed by atoms with Crippen LogP contribution in [0, 0.1) is 11.6 Å². The first-order valence-corrected chi connectivity index (χ1v) is 10.3. The number of halogens is 4. The molecule has 0 radical (unpaired) electrons. The first-order chi connectivity index (χ1) is 15.7. The van der Waals surface area contributed by atoms with Crippen LogP contribution in [0.3, 0.4) is 0 Å². The molecule has 0 aliphatic carbocycles. The molecule has 3 N–H and O–H groups in total. The average Bonchev–Trinajstić information content (AvgIpc) is 3.11. The Morgan fingerprint density at radius 2 is 1.88 bits per heavy atom. The SMILES string of the molecule is CNC(=O)c1nc(NC(=O)c2cc(F)cc(Cl)c2)c2n1CC(=O)NC2c1cc(F)ccc1Cl. The summed E-state index contributed by atoms with van der Waals surface area (Å²) in [4.78, 5) is 41.9. The first kappa shape index (κ1) is 22.7. The molecule has 0 spiro atoms. The largest absolute Gasteiger partial charge is 0.352 e. The maximum absolute atomic E-state index is 14.0. The minimum absolute atomic E-state index is 0.00903. The fraction of sp³-hybridized carbons (Fsp3) is 0.143. The maximum atomic E-state index is 14.0. The van der Waals surface area contributed by atoms with Crippen molar-refractivity contribution >= 4 is 46.7 Å². The number of anilines is 1. The Kier molecular flexibility index (Phi) is 6.05. The molecule has 0 saturated carbocycles. The summed E-state index contributed by atoms with van der Waals surface area (Å²) < 4.78 is 29.0. The molecule has 1 aromatic heterocycles. The third kappa shape index (κ3) is 4.39. The van der Waals surface area contributed by atoms with Crippen LogP contribution in [-0.2, 0) is 11.3 Å². The summed E-state index contributed by atoms with van der Waals surface area (Å²) >= 11 is 12.1. The fourth-order valence-electron chi connectivity index (χ4n) is 3.54. The molecule has 1 atom stereocenters. The number of fused-ring (bicyclic) bond motifs is 1. The zero-order chi connectivity index (χ0) is 23.9. The number of nitrogens with zero attached hydrogens (tertiary/aromatic N) is 2. The van der Waals surface area contributed by atoms with Crippen molar-refractivity contribution in [2.24, 2.45) is 0 Å². The second kappa shape index (κ2) is 8.80. The molecule has 3 amide bonds. The van der Waals surface area contributed by atoms with Gasteiger partial charge in [0.1, 0.15) is 18.2 Å². The Morgan fingerprint density at radius 1 is 1.12 bits per heavy atom. The second-order valence-corrected chi connectivity index (χ2v) is 7.96. The molecule has 170 valence electrons. The second-order valence-electron chi connectivity index (χ2n) is 7.11. The number of amides is 3. The highest BCUT2D eigenvalue weighted by molar-refractivity contribution is 6.31. The van der Waals surface area contributed by atoms with Crippen LogP contribution in [0.1, 0.15) is 38.3 Å². The lowest BCUT2D eigenvalue weighted by atomic mass is 10.0. The van der Waals surface area contributed by atoms with Crippen molar-refractivity contribution in [2.75, 3.05) is 12.4 Å².